The van der Waals surface area contributed by atoms with Gasteiger partial charge >= 0.3 is 0 Å². The van der Waals surface area contributed by atoms with Gasteiger partial charge in [0.1, 0.15) is 18.4 Å². The number of hydrogen-bond acceptors (Lipinski definition) is 3. The molecule has 5 nitrogen and oxygen atoms in total. The van der Waals surface area contributed by atoms with Crippen molar-refractivity contribution in [2.24, 2.45) is 0 Å². The van der Waals surface area contributed by atoms with Gasteiger partial charge in [-0.25, -0.2) is 0 Å². The van der Waals surface area contributed by atoms with Gasteiger partial charge in [0.15, 0.2) is 5.78 Å². The summed E-state index contributed by atoms with van der Waals surface area (Å²) >= 11 is 0. The number of aliphatic hydroxyl groups excluding tert-OH is 1. The van der Waals surface area contributed by atoms with Gasteiger partial charge in [-0.05, 0) is 48.9 Å². The Balaban J connectivity index is 1.75. The molecule has 0 aliphatic rings. The van der Waals surface area contributed by atoms with Crippen molar-refractivity contribution in [1.29, 1.82) is 0 Å². The van der Waals surface area contributed by atoms with Crippen molar-refractivity contribution >= 4 is 22.8 Å². The molecular formula is C26H33N2O3+. The van der Waals surface area contributed by atoms with Gasteiger partial charge in [0.05, 0.1) is 27.2 Å². The quantitative estimate of drug-likeness (QED) is 0.369. The van der Waals surface area contributed by atoms with Crippen LogP contribution in [0.3, 0.4) is 0 Å². The smallest absolute Gasteiger partial charge is 0.185 e. The lowest BCUT2D eigenvalue weighted by molar-refractivity contribution is -0.883. The highest BCUT2D eigenvalue weighted by Gasteiger charge is 2.14. The molecule has 5 heteroatoms. The van der Waals surface area contributed by atoms with Gasteiger partial charge in [-0.1, -0.05) is 31.5 Å². The number of unbranched alkanes of at least 4 members (excludes halogenated alkanes) is 1. The Morgan fingerprint density at radius 2 is 1.94 bits per heavy atom. The van der Waals surface area contributed by atoms with Crippen LogP contribution >= 0.6 is 0 Å². The van der Waals surface area contributed by atoms with E-state index in [2.05, 4.69) is 24.6 Å². The lowest BCUT2D eigenvalue weighted by Crippen LogP contribution is -3.10. The van der Waals surface area contributed by atoms with E-state index in [9.17, 15) is 9.90 Å². The molecule has 2 atom stereocenters. The Kier molecular flexibility index (Phi) is 8.04. The van der Waals surface area contributed by atoms with E-state index in [1.807, 2.05) is 30.5 Å². The van der Waals surface area contributed by atoms with Gasteiger partial charge < -0.3 is 19.3 Å². The first-order valence-electron chi connectivity index (χ1n) is 11.0. The van der Waals surface area contributed by atoms with Crippen molar-refractivity contribution in [1.82, 2.24) is 4.57 Å². The summed E-state index contributed by atoms with van der Waals surface area (Å²) in [5.74, 6) is 0.671. The van der Waals surface area contributed by atoms with Gasteiger partial charge in [0.25, 0.3) is 0 Å². The summed E-state index contributed by atoms with van der Waals surface area (Å²) in [7, 11) is 3.74. The normalized spacial score (nSPS) is 13.5. The number of fused-ring (bicyclic) bond motifs is 1. The zero-order chi connectivity index (χ0) is 22.2. The highest BCUT2D eigenvalue weighted by Crippen LogP contribution is 2.23. The van der Waals surface area contributed by atoms with E-state index in [1.54, 1.807) is 37.5 Å². The number of benzene rings is 2. The van der Waals surface area contributed by atoms with Crippen LogP contribution in [0.2, 0.25) is 0 Å². The van der Waals surface area contributed by atoms with E-state index in [1.165, 1.54) is 17.7 Å². The van der Waals surface area contributed by atoms with Crippen molar-refractivity contribution in [2.45, 2.75) is 32.4 Å². The van der Waals surface area contributed by atoms with Crippen LogP contribution in [-0.2, 0) is 6.54 Å². The molecule has 0 aliphatic heterocycles. The number of carbonyl (C=O) groups is 1. The van der Waals surface area contributed by atoms with Gasteiger partial charge in [-0.2, -0.15) is 0 Å². The van der Waals surface area contributed by atoms with Crippen LogP contribution in [-0.4, -0.2) is 48.8 Å². The number of para-hydroxylation sites is 1. The molecule has 31 heavy (non-hydrogen) atoms. The first kappa shape index (κ1) is 22.8. The number of carbonyl (C=O) groups excluding carboxylic acids is 1. The zero-order valence-electron chi connectivity index (χ0n) is 18.7. The topological polar surface area (TPSA) is 55.9 Å². The van der Waals surface area contributed by atoms with E-state index in [0.29, 0.717) is 18.7 Å². The van der Waals surface area contributed by atoms with Crippen LogP contribution in [0.15, 0.2) is 60.8 Å². The summed E-state index contributed by atoms with van der Waals surface area (Å²) in [6, 6.07) is 15.2. The Morgan fingerprint density at radius 1 is 1.19 bits per heavy atom. The largest absolute Gasteiger partial charge is 0.497 e. The number of nitrogens with zero attached hydrogens (tertiary/aromatic N) is 1. The summed E-state index contributed by atoms with van der Waals surface area (Å²) in [5.41, 5.74) is 2.65. The zero-order valence-corrected chi connectivity index (χ0v) is 18.7. The molecule has 0 amide bonds. The first-order chi connectivity index (χ1) is 15.0. The van der Waals surface area contributed by atoms with E-state index in [-0.39, 0.29) is 5.78 Å². The van der Waals surface area contributed by atoms with Gasteiger partial charge in [0, 0.05) is 28.2 Å². The maximum Gasteiger partial charge on any atom is 0.185 e. The fourth-order valence-corrected chi connectivity index (χ4v) is 3.85. The number of hydrogen-bond donors (Lipinski definition) is 2. The molecule has 164 valence electrons. The number of methoxy groups -OCH3 is 1. The van der Waals surface area contributed by atoms with Gasteiger partial charge in [-0.3, -0.25) is 4.79 Å². The lowest BCUT2D eigenvalue weighted by atomic mass is 10.1. The first-order valence-corrected chi connectivity index (χ1v) is 11.0. The third-order valence-corrected chi connectivity index (χ3v) is 5.56. The second-order valence-electron chi connectivity index (χ2n) is 8.10. The molecule has 0 spiro atoms. The summed E-state index contributed by atoms with van der Waals surface area (Å²) < 4.78 is 7.24. The van der Waals surface area contributed by atoms with Crippen molar-refractivity contribution in [3.05, 3.63) is 71.9 Å². The highest BCUT2D eigenvalue weighted by atomic mass is 16.5. The van der Waals surface area contributed by atoms with Crippen molar-refractivity contribution in [3.63, 3.8) is 0 Å². The second kappa shape index (κ2) is 10.9. The number of ether oxygens (including phenoxy) is 1. The molecule has 2 N–H and O–H groups in total. The number of quaternary nitrogens is 1. The predicted octanol–water partition coefficient (Wildman–Crippen LogP) is 3.22. The molecular weight excluding hydrogens is 388 g/mol. The Hall–Kier alpha value is -2.89. The van der Waals surface area contributed by atoms with Crippen LogP contribution in [0.25, 0.3) is 17.0 Å². The third-order valence-electron chi connectivity index (χ3n) is 5.56. The van der Waals surface area contributed by atoms with Crippen molar-refractivity contribution in [3.8, 4) is 5.75 Å². The minimum absolute atomic E-state index is 0.0549. The van der Waals surface area contributed by atoms with Crippen LogP contribution in [0.4, 0.5) is 0 Å². The molecule has 0 fully saturated rings. The molecule has 0 saturated carbocycles. The molecule has 0 bridgehead atoms. The molecule has 0 saturated heterocycles. The summed E-state index contributed by atoms with van der Waals surface area (Å²) in [5, 5.41) is 11.7. The van der Waals surface area contributed by atoms with Crippen LogP contribution < -0.4 is 9.64 Å². The summed E-state index contributed by atoms with van der Waals surface area (Å²) in [6.07, 6.45) is 7.39. The van der Waals surface area contributed by atoms with Crippen LogP contribution in [0, 0.1) is 0 Å². The average Bonchev–Trinajstić information content (AvgIpc) is 3.13. The van der Waals surface area contributed by atoms with E-state index < -0.39 is 6.10 Å². The molecule has 3 aromatic rings. The molecule has 3 rings (SSSR count). The number of nitrogens with one attached hydrogen (secondary N) is 1. The number of rotatable bonds is 11. The Morgan fingerprint density at radius 3 is 2.65 bits per heavy atom. The molecule has 0 aliphatic carbocycles. The minimum Gasteiger partial charge on any atom is -0.497 e. The predicted molar refractivity (Wildman–Crippen MR) is 126 cm³/mol. The van der Waals surface area contributed by atoms with Crippen LogP contribution in [0.1, 0.15) is 35.7 Å². The number of likely N-dealkylation sites (N-methyl/N-ethyl adjacent to an activating group) is 1. The van der Waals surface area contributed by atoms with Gasteiger partial charge in [0.2, 0.25) is 0 Å². The number of ketones is 1. The van der Waals surface area contributed by atoms with Gasteiger partial charge in [-0.15, -0.1) is 0 Å². The minimum atomic E-state index is -0.426. The van der Waals surface area contributed by atoms with Crippen molar-refractivity contribution < 1.29 is 19.5 Å². The van der Waals surface area contributed by atoms with E-state index in [4.69, 9.17) is 4.74 Å². The van der Waals surface area contributed by atoms with E-state index >= 15 is 0 Å². The maximum absolute atomic E-state index is 12.6. The molecule has 1 unspecified atom stereocenters. The second-order valence-corrected chi connectivity index (χ2v) is 8.10. The van der Waals surface area contributed by atoms with Crippen molar-refractivity contribution in [2.75, 3.05) is 27.2 Å². The maximum atomic E-state index is 12.6. The van der Waals surface area contributed by atoms with Crippen LogP contribution in [0.5, 0.6) is 5.75 Å². The fourth-order valence-electron chi connectivity index (χ4n) is 3.85. The number of aromatic nitrogens is 1. The fraction of sp³-hybridized carbons (Fsp3) is 0.346. The van der Waals surface area contributed by atoms with E-state index in [0.717, 1.165) is 28.8 Å². The lowest BCUT2D eigenvalue weighted by Gasteiger charge is -2.18. The monoisotopic (exact) mass is 421 g/mol. The average molecular weight is 422 g/mol. The summed E-state index contributed by atoms with van der Waals surface area (Å²) in [4.78, 5) is 13.9. The number of aliphatic hydroxyl groups is 1. The summed E-state index contributed by atoms with van der Waals surface area (Å²) in [6.45, 7) is 4.50. The molecule has 0 radical (unpaired) electrons. The molecule has 1 aromatic heterocycles. The number of allylic oxidation sites excluding steroid dienone is 1. The highest BCUT2D eigenvalue weighted by molar-refractivity contribution is 6.07. The SMILES string of the molecule is CCCC[NH+](C)C[C@H](O)Cn1cc(/C=C/C(=O)c2ccc(OC)cc2)c2ccccc21. The molecule has 2 aromatic carbocycles. The standard InChI is InChI=1S/C26H32N2O3/c1-4-5-16-27(2)18-22(29)19-28-17-21(24-8-6-7-9-25(24)28)12-15-26(30)20-10-13-23(31-3)14-11-20/h6-15,17,22,29H,4-5,16,18-19H2,1-3H3/p+1/b15-12+/t22-/m0/s1. The third kappa shape index (κ3) is 6.06. The Labute approximate surface area is 184 Å². The molecule has 1 heterocycles. The Bertz CT molecular complexity index is 1020.